The van der Waals surface area contributed by atoms with Crippen LogP contribution in [0.15, 0.2) is 5.38 Å². The van der Waals surface area contributed by atoms with Crippen molar-refractivity contribution in [3.05, 3.63) is 16.1 Å². The summed E-state index contributed by atoms with van der Waals surface area (Å²) in [6.45, 7) is 3.76. The summed E-state index contributed by atoms with van der Waals surface area (Å²) in [7, 11) is 0. The number of piperidine rings is 1. The highest BCUT2D eigenvalue weighted by molar-refractivity contribution is 7.09. The topological polar surface area (TPSA) is 71.5 Å². The number of hydrogen-bond acceptors (Lipinski definition) is 5. The van der Waals surface area contributed by atoms with E-state index in [1.165, 1.54) is 0 Å². The van der Waals surface area contributed by atoms with Crippen molar-refractivity contribution in [3.63, 3.8) is 0 Å². The van der Waals surface area contributed by atoms with Gasteiger partial charge in [0.05, 0.1) is 23.7 Å². The van der Waals surface area contributed by atoms with Crippen LogP contribution in [0, 0.1) is 6.92 Å². The Hall–Kier alpha value is -1.63. The number of rotatable bonds is 2. The van der Waals surface area contributed by atoms with Crippen molar-refractivity contribution in [2.24, 2.45) is 0 Å². The van der Waals surface area contributed by atoms with E-state index in [-0.39, 0.29) is 12.0 Å². The van der Waals surface area contributed by atoms with Crippen molar-refractivity contribution in [2.45, 2.75) is 31.8 Å². The van der Waals surface area contributed by atoms with E-state index in [9.17, 15) is 9.59 Å². The van der Waals surface area contributed by atoms with E-state index in [4.69, 9.17) is 4.74 Å². The summed E-state index contributed by atoms with van der Waals surface area (Å²) in [6.07, 6.45) is 1.42. The molecule has 3 rings (SSSR count). The van der Waals surface area contributed by atoms with Gasteiger partial charge in [0.25, 0.3) is 0 Å². The van der Waals surface area contributed by atoms with Gasteiger partial charge in [-0.3, -0.25) is 4.79 Å². The molecular formula is C13H17N3O3S. The van der Waals surface area contributed by atoms with Crippen molar-refractivity contribution in [2.75, 3.05) is 19.6 Å². The largest absolute Gasteiger partial charge is 0.441 e. The Balaban J connectivity index is 1.55. The summed E-state index contributed by atoms with van der Waals surface area (Å²) in [4.78, 5) is 29.5. The van der Waals surface area contributed by atoms with Gasteiger partial charge in [-0.2, -0.15) is 0 Å². The molecule has 1 N–H and O–H groups in total. The molecule has 0 bridgehead atoms. The molecule has 7 heteroatoms. The third-order valence-corrected chi connectivity index (χ3v) is 4.71. The van der Waals surface area contributed by atoms with E-state index in [2.05, 4.69) is 10.3 Å². The number of nitrogens with zero attached hydrogens (tertiary/aromatic N) is 2. The molecule has 2 aliphatic heterocycles. The number of aryl methyl sites for hydroxylation is 1. The number of likely N-dealkylation sites (tertiary alicyclic amines) is 1. The number of carbonyl (C=O) groups is 2. The molecule has 2 saturated heterocycles. The normalized spacial score (nSPS) is 20.9. The number of carbonyl (C=O) groups excluding carboxylic acids is 2. The first-order valence-electron chi connectivity index (χ1n) is 6.72. The Bertz CT molecular complexity index is 535. The molecule has 1 aromatic rings. The SMILES string of the molecule is Cc1nc(CC(=O)N2CCC3(CC2)CNC(=O)O3)cs1. The van der Waals surface area contributed by atoms with Crippen LogP contribution in [0.25, 0.3) is 0 Å². The fourth-order valence-electron chi connectivity index (χ4n) is 2.70. The van der Waals surface area contributed by atoms with Crippen LogP contribution in [0.4, 0.5) is 4.79 Å². The zero-order chi connectivity index (χ0) is 14.2. The van der Waals surface area contributed by atoms with Crippen LogP contribution in [0.3, 0.4) is 0 Å². The van der Waals surface area contributed by atoms with Crippen molar-refractivity contribution in [1.82, 2.24) is 15.2 Å². The minimum Gasteiger partial charge on any atom is -0.441 e. The second kappa shape index (κ2) is 5.05. The van der Waals surface area contributed by atoms with Crippen molar-refractivity contribution in [3.8, 4) is 0 Å². The first-order chi connectivity index (χ1) is 9.56. The maximum Gasteiger partial charge on any atom is 0.407 e. The molecule has 2 fully saturated rings. The Morgan fingerprint density at radius 1 is 1.55 bits per heavy atom. The first-order valence-corrected chi connectivity index (χ1v) is 7.60. The van der Waals surface area contributed by atoms with Crippen molar-refractivity contribution >= 4 is 23.3 Å². The average molecular weight is 295 g/mol. The Morgan fingerprint density at radius 2 is 2.30 bits per heavy atom. The van der Waals surface area contributed by atoms with E-state index in [1.807, 2.05) is 17.2 Å². The number of amides is 2. The molecular weight excluding hydrogens is 278 g/mol. The van der Waals surface area contributed by atoms with E-state index in [0.29, 0.717) is 38.9 Å². The van der Waals surface area contributed by atoms with Gasteiger partial charge in [-0.25, -0.2) is 9.78 Å². The lowest BCUT2D eigenvalue weighted by atomic mass is 9.91. The Kier molecular flexibility index (Phi) is 3.37. The average Bonchev–Trinajstić information content (AvgIpc) is 2.97. The molecule has 0 radical (unpaired) electrons. The molecule has 0 saturated carbocycles. The summed E-state index contributed by atoms with van der Waals surface area (Å²) in [5.74, 6) is 0.0995. The minimum atomic E-state index is -0.398. The molecule has 2 aliphatic rings. The Labute approximate surface area is 121 Å². The lowest BCUT2D eigenvalue weighted by Gasteiger charge is -2.37. The summed E-state index contributed by atoms with van der Waals surface area (Å²) >= 11 is 1.56. The van der Waals surface area contributed by atoms with Gasteiger partial charge in [0.15, 0.2) is 0 Å². The van der Waals surface area contributed by atoms with E-state index >= 15 is 0 Å². The van der Waals surface area contributed by atoms with Gasteiger partial charge in [-0.15, -0.1) is 11.3 Å². The van der Waals surface area contributed by atoms with Gasteiger partial charge in [0.2, 0.25) is 5.91 Å². The van der Waals surface area contributed by atoms with Crippen LogP contribution < -0.4 is 5.32 Å². The molecule has 20 heavy (non-hydrogen) atoms. The highest BCUT2D eigenvalue weighted by Crippen LogP contribution is 2.29. The zero-order valence-corrected chi connectivity index (χ0v) is 12.2. The molecule has 0 atom stereocenters. The second-order valence-electron chi connectivity index (χ2n) is 5.34. The summed E-state index contributed by atoms with van der Waals surface area (Å²) in [5.41, 5.74) is 0.442. The maximum atomic E-state index is 12.2. The molecule has 108 valence electrons. The van der Waals surface area contributed by atoms with Gasteiger partial charge in [0.1, 0.15) is 5.60 Å². The fraction of sp³-hybridized carbons (Fsp3) is 0.615. The second-order valence-corrected chi connectivity index (χ2v) is 6.40. The third-order valence-electron chi connectivity index (χ3n) is 3.89. The molecule has 2 amide bonds. The van der Waals surface area contributed by atoms with Crippen LogP contribution in [0.2, 0.25) is 0 Å². The molecule has 0 unspecified atom stereocenters. The van der Waals surface area contributed by atoms with Crippen molar-refractivity contribution in [1.29, 1.82) is 0 Å². The van der Waals surface area contributed by atoms with Gasteiger partial charge < -0.3 is 15.0 Å². The fourth-order valence-corrected chi connectivity index (χ4v) is 3.31. The number of hydrogen-bond donors (Lipinski definition) is 1. The van der Waals surface area contributed by atoms with E-state index in [0.717, 1.165) is 10.7 Å². The van der Waals surface area contributed by atoms with E-state index < -0.39 is 5.60 Å². The monoisotopic (exact) mass is 295 g/mol. The summed E-state index contributed by atoms with van der Waals surface area (Å²) in [6, 6.07) is 0. The number of alkyl carbamates (subject to hydrolysis) is 1. The summed E-state index contributed by atoms with van der Waals surface area (Å²) in [5, 5.41) is 5.61. The van der Waals surface area contributed by atoms with Gasteiger partial charge in [0, 0.05) is 31.3 Å². The molecule has 3 heterocycles. The maximum absolute atomic E-state index is 12.2. The lowest BCUT2D eigenvalue weighted by Crippen LogP contribution is -2.48. The smallest absolute Gasteiger partial charge is 0.407 e. The number of aromatic nitrogens is 1. The predicted octanol–water partition coefficient (Wildman–Crippen LogP) is 1.10. The highest BCUT2D eigenvalue weighted by Gasteiger charge is 2.43. The lowest BCUT2D eigenvalue weighted by molar-refractivity contribution is -0.133. The van der Waals surface area contributed by atoms with Gasteiger partial charge >= 0.3 is 6.09 Å². The quantitative estimate of drug-likeness (QED) is 0.886. The highest BCUT2D eigenvalue weighted by atomic mass is 32.1. The summed E-state index contributed by atoms with van der Waals surface area (Å²) < 4.78 is 5.34. The third kappa shape index (κ3) is 2.63. The number of nitrogens with one attached hydrogen (secondary N) is 1. The first kappa shape index (κ1) is 13.4. The van der Waals surface area contributed by atoms with Crippen LogP contribution in [0.5, 0.6) is 0 Å². The van der Waals surface area contributed by atoms with Gasteiger partial charge in [-0.05, 0) is 6.92 Å². The predicted molar refractivity (Wildman–Crippen MR) is 73.6 cm³/mol. The van der Waals surface area contributed by atoms with Crippen LogP contribution in [-0.4, -0.2) is 47.1 Å². The molecule has 1 spiro atoms. The number of thiazole rings is 1. The van der Waals surface area contributed by atoms with Crippen LogP contribution in [-0.2, 0) is 16.0 Å². The van der Waals surface area contributed by atoms with Crippen LogP contribution >= 0.6 is 11.3 Å². The molecule has 6 nitrogen and oxygen atoms in total. The van der Waals surface area contributed by atoms with E-state index in [1.54, 1.807) is 11.3 Å². The standard InChI is InChI=1S/C13H17N3O3S/c1-9-15-10(7-20-9)6-11(17)16-4-2-13(3-5-16)8-14-12(18)19-13/h7H,2-6,8H2,1H3,(H,14,18). The van der Waals surface area contributed by atoms with Crippen molar-refractivity contribution < 1.29 is 14.3 Å². The van der Waals surface area contributed by atoms with Gasteiger partial charge in [-0.1, -0.05) is 0 Å². The Morgan fingerprint density at radius 3 is 2.85 bits per heavy atom. The zero-order valence-electron chi connectivity index (χ0n) is 11.3. The molecule has 0 aromatic carbocycles. The molecule has 1 aromatic heterocycles. The molecule has 0 aliphatic carbocycles. The minimum absolute atomic E-state index is 0.0995. The number of ether oxygens (including phenoxy) is 1. The van der Waals surface area contributed by atoms with Crippen LogP contribution in [0.1, 0.15) is 23.5 Å².